The number of piperidine rings is 1. The first kappa shape index (κ1) is 15.9. The Balaban J connectivity index is 2.14. The van der Waals surface area contributed by atoms with Crippen molar-refractivity contribution in [2.75, 3.05) is 32.9 Å². The van der Waals surface area contributed by atoms with Crippen molar-refractivity contribution in [2.24, 2.45) is 0 Å². The summed E-state index contributed by atoms with van der Waals surface area (Å²) in [6.07, 6.45) is 2.10. The number of carbonyl (C=O) groups excluding carboxylic acids is 1. The number of hydrogen-bond acceptors (Lipinski definition) is 4. The number of aliphatic carboxylic acids is 1. The van der Waals surface area contributed by atoms with E-state index in [0.29, 0.717) is 32.7 Å². The number of carboxylic acids is 1. The Morgan fingerprint density at radius 3 is 2.47 bits per heavy atom. The van der Waals surface area contributed by atoms with Crippen LogP contribution in [-0.2, 0) is 19.1 Å². The van der Waals surface area contributed by atoms with Crippen LogP contribution in [0, 0.1) is 0 Å². The molecule has 0 bridgehead atoms. The quantitative estimate of drug-likeness (QED) is 0.665. The SMILES string of the molecule is CCOCCC(=O)N1CCC(OCCC(=O)O)CC1. The van der Waals surface area contributed by atoms with Gasteiger partial charge in [-0.1, -0.05) is 0 Å². The summed E-state index contributed by atoms with van der Waals surface area (Å²) in [6, 6.07) is 0. The minimum atomic E-state index is -0.844. The molecule has 6 heteroatoms. The van der Waals surface area contributed by atoms with Crippen molar-refractivity contribution in [1.29, 1.82) is 0 Å². The molecule has 0 aromatic heterocycles. The van der Waals surface area contributed by atoms with E-state index in [2.05, 4.69) is 0 Å². The second-order valence-corrected chi connectivity index (χ2v) is 4.54. The molecule has 1 amide bonds. The Kier molecular flexibility index (Phi) is 7.43. The highest BCUT2D eigenvalue weighted by molar-refractivity contribution is 5.76. The van der Waals surface area contributed by atoms with Crippen molar-refractivity contribution in [3.63, 3.8) is 0 Å². The van der Waals surface area contributed by atoms with Crippen LogP contribution in [0.2, 0.25) is 0 Å². The Hall–Kier alpha value is -1.14. The Labute approximate surface area is 113 Å². The number of ether oxygens (including phenoxy) is 2. The molecular weight excluding hydrogens is 250 g/mol. The molecule has 0 aromatic carbocycles. The zero-order valence-corrected chi connectivity index (χ0v) is 11.5. The summed E-state index contributed by atoms with van der Waals surface area (Å²) in [5.41, 5.74) is 0. The van der Waals surface area contributed by atoms with Crippen LogP contribution in [-0.4, -0.2) is 60.9 Å². The fraction of sp³-hybridized carbons (Fsp3) is 0.846. The number of nitrogens with zero attached hydrogens (tertiary/aromatic N) is 1. The van der Waals surface area contributed by atoms with Gasteiger partial charge in [0.1, 0.15) is 0 Å². The van der Waals surface area contributed by atoms with Crippen LogP contribution >= 0.6 is 0 Å². The smallest absolute Gasteiger partial charge is 0.305 e. The third-order valence-electron chi connectivity index (χ3n) is 3.13. The topological polar surface area (TPSA) is 76.1 Å². The summed E-state index contributed by atoms with van der Waals surface area (Å²) in [6.45, 7) is 4.63. The zero-order chi connectivity index (χ0) is 14.1. The van der Waals surface area contributed by atoms with Crippen LogP contribution in [0.5, 0.6) is 0 Å². The summed E-state index contributed by atoms with van der Waals surface area (Å²) >= 11 is 0. The second kappa shape index (κ2) is 8.87. The molecule has 6 nitrogen and oxygen atoms in total. The number of amides is 1. The molecule has 1 rings (SSSR count). The zero-order valence-electron chi connectivity index (χ0n) is 11.5. The van der Waals surface area contributed by atoms with Crippen molar-refractivity contribution in [3.8, 4) is 0 Å². The van der Waals surface area contributed by atoms with Gasteiger partial charge in [-0.3, -0.25) is 9.59 Å². The highest BCUT2D eigenvalue weighted by Crippen LogP contribution is 2.14. The normalized spacial score (nSPS) is 16.6. The van der Waals surface area contributed by atoms with Crippen LogP contribution in [0.3, 0.4) is 0 Å². The Morgan fingerprint density at radius 1 is 1.21 bits per heavy atom. The van der Waals surface area contributed by atoms with Crippen molar-refractivity contribution in [1.82, 2.24) is 4.90 Å². The third-order valence-corrected chi connectivity index (χ3v) is 3.13. The molecule has 1 aliphatic rings. The lowest BCUT2D eigenvalue weighted by Crippen LogP contribution is -2.41. The molecule has 1 N–H and O–H groups in total. The molecule has 0 unspecified atom stereocenters. The molecule has 19 heavy (non-hydrogen) atoms. The first-order valence-corrected chi connectivity index (χ1v) is 6.82. The average molecular weight is 273 g/mol. The van der Waals surface area contributed by atoms with Gasteiger partial charge in [0.15, 0.2) is 0 Å². The molecule has 1 saturated heterocycles. The van der Waals surface area contributed by atoms with Crippen LogP contribution in [0.25, 0.3) is 0 Å². The molecule has 0 spiro atoms. The van der Waals surface area contributed by atoms with Crippen LogP contribution < -0.4 is 0 Å². The van der Waals surface area contributed by atoms with E-state index in [1.807, 2.05) is 11.8 Å². The molecule has 110 valence electrons. The standard InChI is InChI=1S/C13H23NO5/c1-2-18-9-5-12(15)14-7-3-11(4-8-14)19-10-6-13(16)17/h11H,2-10H2,1H3,(H,16,17). The Morgan fingerprint density at radius 2 is 1.89 bits per heavy atom. The van der Waals surface area contributed by atoms with Gasteiger partial charge in [0, 0.05) is 19.7 Å². The highest BCUT2D eigenvalue weighted by atomic mass is 16.5. The van der Waals surface area contributed by atoms with Gasteiger partial charge in [-0.25, -0.2) is 0 Å². The van der Waals surface area contributed by atoms with Crippen LogP contribution in [0.4, 0.5) is 0 Å². The third kappa shape index (κ3) is 6.54. The molecule has 1 heterocycles. The molecule has 0 aromatic rings. The number of carboxylic acid groups (broad SMARTS) is 1. The van der Waals surface area contributed by atoms with E-state index in [-0.39, 0.29) is 25.0 Å². The van der Waals surface area contributed by atoms with E-state index >= 15 is 0 Å². The highest BCUT2D eigenvalue weighted by Gasteiger charge is 2.22. The predicted octanol–water partition coefficient (Wildman–Crippen LogP) is 0.895. The largest absolute Gasteiger partial charge is 0.481 e. The van der Waals surface area contributed by atoms with Crippen molar-refractivity contribution < 1.29 is 24.2 Å². The molecule has 1 fully saturated rings. The second-order valence-electron chi connectivity index (χ2n) is 4.54. The van der Waals surface area contributed by atoms with Gasteiger partial charge in [-0.15, -0.1) is 0 Å². The molecule has 0 atom stereocenters. The van der Waals surface area contributed by atoms with Crippen LogP contribution in [0.15, 0.2) is 0 Å². The van der Waals surface area contributed by atoms with E-state index in [1.165, 1.54) is 0 Å². The van der Waals surface area contributed by atoms with E-state index in [4.69, 9.17) is 14.6 Å². The maximum Gasteiger partial charge on any atom is 0.305 e. The van der Waals surface area contributed by atoms with E-state index in [9.17, 15) is 9.59 Å². The maximum absolute atomic E-state index is 11.8. The summed E-state index contributed by atoms with van der Waals surface area (Å²) in [5, 5.41) is 8.52. The number of hydrogen-bond donors (Lipinski definition) is 1. The fourth-order valence-electron chi connectivity index (χ4n) is 2.05. The summed E-state index contributed by atoms with van der Waals surface area (Å²) in [5.74, 6) is -0.721. The molecule has 0 aliphatic carbocycles. The molecule has 0 saturated carbocycles. The first-order valence-electron chi connectivity index (χ1n) is 6.82. The molecule has 0 radical (unpaired) electrons. The first-order chi connectivity index (χ1) is 9.13. The summed E-state index contributed by atoms with van der Waals surface area (Å²) in [7, 11) is 0. The van der Waals surface area contributed by atoms with Gasteiger partial charge in [0.05, 0.1) is 32.2 Å². The lowest BCUT2D eigenvalue weighted by Gasteiger charge is -2.32. The fourth-order valence-corrected chi connectivity index (χ4v) is 2.05. The monoisotopic (exact) mass is 273 g/mol. The lowest BCUT2D eigenvalue weighted by molar-refractivity contribution is -0.139. The van der Waals surface area contributed by atoms with Gasteiger partial charge in [-0.05, 0) is 19.8 Å². The molecular formula is C13H23NO5. The van der Waals surface area contributed by atoms with Gasteiger partial charge >= 0.3 is 5.97 Å². The Bertz CT molecular complexity index is 287. The van der Waals surface area contributed by atoms with Crippen molar-refractivity contribution in [2.45, 2.75) is 38.7 Å². The van der Waals surface area contributed by atoms with Gasteiger partial charge in [0.25, 0.3) is 0 Å². The summed E-state index contributed by atoms with van der Waals surface area (Å²) < 4.78 is 10.6. The predicted molar refractivity (Wildman–Crippen MR) is 68.9 cm³/mol. The lowest BCUT2D eigenvalue weighted by atomic mass is 10.1. The number of likely N-dealkylation sites (tertiary alicyclic amines) is 1. The number of carbonyl (C=O) groups is 2. The summed E-state index contributed by atoms with van der Waals surface area (Å²) in [4.78, 5) is 24.0. The van der Waals surface area contributed by atoms with Crippen molar-refractivity contribution >= 4 is 11.9 Å². The van der Waals surface area contributed by atoms with Crippen molar-refractivity contribution in [3.05, 3.63) is 0 Å². The van der Waals surface area contributed by atoms with E-state index in [1.54, 1.807) is 0 Å². The number of rotatable bonds is 8. The van der Waals surface area contributed by atoms with E-state index < -0.39 is 5.97 Å². The molecule has 1 aliphatic heterocycles. The van der Waals surface area contributed by atoms with Crippen LogP contribution in [0.1, 0.15) is 32.6 Å². The maximum atomic E-state index is 11.8. The minimum Gasteiger partial charge on any atom is -0.481 e. The van der Waals surface area contributed by atoms with E-state index in [0.717, 1.165) is 12.8 Å². The van der Waals surface area contributed by atoms with Gasteiger partial charge in [-0.2, -0.15) is 0 Å². The van der Waals surface area contributed by atoms with Gasteiger partial charge in [0.2, 0.25) is 5.91 Å². The minimum absolute atomic E-state index is 0.0352. The average Bonchev–Trinajstić information content (AvgIpc) is 2.39. The van der Waals surface area contributed by atoms with Gasteiger partial charge < -0.3 is 19.5 Å².